The maximum atomic E-state index is 5.80. The lowest BCUT2D eigenvalue weighted by atomic mass is 10.1. The van der Waals surface area contributed by atoms with Gasteiger partial charge in [0, 0.05) is 36.7 Å². The van der Waals surface area contributed by atoms with Crippen molar-refractivity contribution in [3.05, 3.63) is 54.4 Å². The molecule has 110 valence electrons. The third kappa shape index (κ3) is 3.52. The number of pyridine rings is 1. The Balaban J connectivity index is 1.55. The highest BCUT2D eigenvalue weighted by Crippen LogP contribution is 2.31. The Morgan fingerprint density at radius 3 is 2.90 bits per heavy atom. The Morgan fingerprint density at radius 1 is 1.24 bits per heavy atom. The molecule has 2 heterocycles. The number of likely N-dealkylation sites (tertiary alicyclic amines) is 1. The molecule has 1 aliphatic heterocycles. The Morgan fingerprint density at radius 2 is 2.10 bits per heavy atom. The van der Waals surface area contributed by atoms with Crippen LogP contribution in [0.4, 0.5) is 5.69 Å². The molecule has 21 heavy (non-hydrogen) atoms. The summed E-state index contributed by atoms with van der Waals surface area (Å²) in [5.41, 5.74) is 7.85. The first-order valence-electron chi connectivity index (χ1n) is 7.45. The van der Waals surface area contributed by atoms with Gasteiger partial charge in [0.2, 0.25) is 0 Å². The van der Waals surface area contributed by atoms with Crippen LogP contribution in [0.15, 0.2) is 48.8 Å². The van der Waals surface area contributed by atoms with E-state index in [0.717, 1.165) is 24.5 Å². The number of nitrogens with zero attached hydrogens (tertiary/aromatic N) is 2. The summed E-state index contributed by atoms with van der Waals surface area (Å²) < 4.78 is 5.80. The van der Waals surface area contributed by atoms with Crippen molar-refractivity contribution in [1.29, 1.82) is 0 Å². The van der Waals surface area contributed by atoms with Gasteiger partial charge in [0.1, 0.15) is 12.4 Å². The van der Waals surface area contributed by atoms with E-state index < -0.39 is 0 Å². The van der Waals surface area contributed by atoms with Gasteiger partial charge in [-0.1, -0.05) is 6.07 Å². The van der Waals surface area contributed by atoms with E-state index >= 15 is 0 Å². The molecule has 0 amide bonds. The van der Waals surface area contributed by atoms with Crippen LogP contribution >= 0.6 is 0 Å². The van der Waals surface area contributed by atoms with Gasteiger partial charge in [0.05, 0.1) is 0 Å². The van der Waals surface area contributed by atoms with Gasteiger partial charge in [0.25, 0.3) is 0 Å². The number of benzene rings is 1. The monoisotopic (exact) mass is 283 g/mol. The van der Waals surface area contributed by atoms with Crippen molar-refractivity contribution in [2.75, 3.05) is 25.4 Å². The first kappa shape index (κ1) is 13.9. The number of nitrogens with two attached hydrogens (primary N) is 1. The molecule has 1 unspecified atom stereocenters. The summed E-state index contributed by atoms with van der Waals surface area (Å²) in [6.45, 7) is 2.75. The molecule has 2 aromatic rings. The van der Waals surface area contributed by atoms with E-state index in [0.29, 0.717) is 12.6 Å². The highest BCUT2D eigenvalue weighted by molar-refractivity contribution is 5.43. The SMILES string of the molecule is Nc1cccc(OCCN2CCCC2c2ccncc2)c1. The van der Waals surface area contributed by atoms with Gasteiger partial charge >= 0.3 is 0 Å². The molecular weight excluding hydrogens is 262 g/mol. The fraction of sp³-hybridized carbons (Fsp3) is 0.353. The van der Waals surface area contributed by atoms with Crippen molar-refractivity contribution in [2.24, 2.45) is 0 Å². The fourth-order valence-corrected chi connectivity index (χ4v) is 2.94. The number of ether oxygens (including phenoxy) is 1. The maximum absolute atomic E-state index is 5.80. The van der Waals surface area contributed by atoms with Gasteiger partial charge in [-0.15, -0.1) is 0 Å². The third-order valence-electron chi connectivity index (χ3n) is 3.96. The van der Waals surface area contributed by atoms with Crippen molar-refractivity contribution in [2.45, 2.75) is 18.9 Å². The minimum absolute atomic E-state index is 0.498. The van der Waals surface area contributed by atoms with Crippen molar-refractivity contribution < 1.29 is 4.74 Å². The molecule has 0 spiro atoms. The molecule has 1 saturated heterocycles. The molecule has 1 atom stereocenters. The van der Waals surface area contributed by atoms with Crippen molar-refractivity contribution in [3.8, 4) is 5.75 Å². The fourth-order valence-electron chi connectivity index (χ4n) is 2.94. The number of anilines is 1. The summed E-state index contributed by atoms with van der Waals surface area (Å²) in [5.74, 6) is 0.842. The van der Waals surface area contributed by atoms with Gasteiger partial charge in [0.15, 0.2) is 0 Å². The van der Waals surface area contributed by atoms with Crippen molar-refractivity contribution >= 4 is 5.69 Å². The molecule has 0 bridgehead atoms. The summed E-state index contributed by atoms with van der Waals surface area (Å²) in [4.78, 5) is 6.58. The maximum Gasteiger partial charge on any atom is 0.121 e. The van der Waals surface area contributed by atoms with Gasteiger partial charge < -0.3 is 10.5 Å². The predicted molar refractivity (Wildman–Crippen MR) is 84.1 cm³/mol. The number of hydrogen-bond acceptors (Lipinski definition) is 4. The molecule has 0 aliphatic carbocycles. The minimum Gasteiger partial charge on any atom is -0.492 e. The van der Waals surface area contributed by atoms with E-state index in [-0.39, 0.29) is 0 Å². The molecule has 0 saturated carbocycles. The smallest absolute Gasteiger partial charge is 0.121 e. The second kappa shape index (κ2) is 6.59. The minimum atomic E-state index is 0.498. The molecular formula is C17H21N3O. The number of aromatic nitrogens is 1. The topological polar surface area (TPSA) is 51.4 Å². The van der Waals surface area contributed by atoms with Gasteiger partial charge in [-0.05, 0) is 49.2 Å². The quantitative estimate of drug-likeness (QED) is 0.857. The molecule has 2 N–H and O–H groups in total. The highest BCUT2D eigenvalue weighted by Gasteiger charge is 2.25. The standard InChI is InChI=1S/C17H21N3O/c18-15-3-1-4-16(13-15)21-12-11-20-10-2-5-17(20)14-6-8-19-9-7-14/h1,3-4,6-9,13,17H,2,5,10-12,18H2. The Bertz CT molecular complexity index is 573. The summed E-state index contributed by atoms with van der Waals surface area (Å²) in [7, 11) is 0. The Labute approximate surface area is 125 Å². The van der Waals surface area contributed by atoms with E-state index in [2.05, 4.69) is 22.0 Å². The van der Waals surface area contributed by atoms with Crippen LogP contribution in [0.2, 0.25) is 0 Å². The lowest BCUT2D eigenvalue weighted by molar-refractivity contribution is 0.197. The largest absolute Gasteiger partial charge is 0.492 e. The number of nitrogen functional groups attached to an aromatic ring is 1. The number of hydrogen-bond donors (Lipinski definition) is 1. The molecule has 1 fully saturated rings. The van der Waals surface area contributed by atoms with Crippen LogP contribution in [-0.2, 0) is 0 Å². The molecule has 1 aliphatic rings. The van der Waals surface area contributed by atoms with Crippen LogP contribution in [0.5, 0.6) is 5.75 Å². The second-order valence-corrected chi connectivity index (χ2v) is 5.40. The van der Waals surface area contributed by atoms with Gasteiger partial charge in [-0.3, -0.25) is 9.88 Å². The normalized spacial score (nSPS) is 18.8. The van der Waals surface area contributed by atoms with Crippen LogP contribution in [0.3, 0.4) is 0 Å². The average Bonchev–Trinajstić information content (AvgIpc) is 2.97. The van der Waals surface area contributed by atoms with Crippen LogP contribution in [0.1, 0.15) is 24.4 Å². The van der Waals surface area contributed by atoms with E-state index in [1.165, 1.54) is 18.4 Å². The second-order valence-electron chi connectivity index (χ2n) is 5.40. The van der Waals surface area contributed by atoms with Crippen LogP contribution in [0.25, 0.3) is 0 Å². The Hall–Kier alpha value is -2.07. The molecule has 0 radical (unpaired) electrons. The van der Waals surface area contributed by atoms with Crippen LogP contribution < -0.4 is 10.5 Å². The van der Waals surface area contributed by atoms with Crippen LogP contribution in [0, 0.1) is 0 Å². The van der Waals surface area contributed by atoms with Crippen LogP contribution in [-0.4, -0.2) is 29.6 Å². The molecule has 4 nitrogen and oxygen atoms in total. The molecule has 1 aromatic carbocycles. The summed E-state index contributed by atoms with van der Waals surface area (Å²) >= 11 is 0. The zero-order valence-electron chi connectivity index (χ0n) is 12.1. The average molecular weight is 283 g/mol. The van der Waals surface area contributed by atoms with E-state index in [9.17, 15) is 0 Å². The predicted octanol–water partition coefficient (Wildman–Crippen LogP) is 2.88. The van der Waals surface area contributed by atoms with Crippen molar-refractivity contribution in [1.82, 2.24) is 9.88 Å². The lowest BCUT2D eigenvalue weighted by Gasteiger charge is -2.24. The van der Waals surface area contributed by atoms with E-state index in [1.807, 2.05) is 36.7 Å². The van der Waals surface area contributed by atoms with E-state index in [1.54, 1.807) is 0 Å². The number of rotatable bonds is 5. The first-order valence-corrected chi connectivity index (χ1v) is 7.45. The zero-order chi connectivity index (χ0) is 14.5. The van der Waals surface area contributed by atoms with Gasteiger partial charge in [-0.25, -0.2) is 0 Å². The Kier molecular flexibility index (Phi) is 4.36. The van der Waals surface area contributed by atoms with Gasteiger partial charge in [-0.2, -0.15) is 0 Å². The molecule has 4 heteroatoms. The summed E-state index contributed by atoms with van der Waals surface area (Å²) in [6.07, 6.45) is 6.19. The summed E-state index contributed by atoms with van der Waals surface area (Å²) in [6, 6.07) is 12.3. The van der Waals surface area contributed by atoms with E-state index in [4.69, 9.17) is 10.5 Å². The molecule has 3 rings (SSSR count). The zero-order valence-corrected chi connectivity index (χ0v) is 12.1. The molecule has 1 aromatic heterocycles. The summed E-state index contributed by atoms with van der Waals surface area (Å²) in [5, 5.41) is 0. The lowest BCUT2D eigenvalue weighted by Crippen LogP contribution is -2.28. The van der Waals surface area contributed by atoms with Crippen molar-refractivity contribution in [3.63, 3.8) is 0 Å². The first-order chi connectivity index (χ1) is 10.3. The highest BCUT2D eigenvalue weighted by atomic mass is 16.5. The third-order valence-corrected chi connectivity index (χ3v) is 3.96.